The molecule has 2 heterocycles. The summed E-state index contributed by atoms with van der Waals surface area (Å²) in [4.78, 5) is 14.4. The zero-order valence-corrected chi connectivity index (χ0v) is 13.8. The Bertz CT molecular complexity index is 699. The van der Waals surface area contributed by atoms with Crippen molar-refractivity contribution in [3.63, 3.8) is 0 Å². The van der Waals surface area contributed by atoms with E-state index < -0.39 is 0 Å². The third kappa shape index (κ3) is 2.75. The summed E-state index contributed by atoms with van der Waals surface area (Å²) in [6.07, 6.45) is 2.60. The van der Waals surface area contributed by atoms with Crippen LogP contribution < -0.4 is 10.5 Å². The Labute approximate surface area is 132 Å². The van der Waals surface area contributed by atoms with E-state index in [4.69, 9.17) is 0 Å². The summed E-state index contributed by atoms with van der Waals surface area (Å²) >= 11 is 0. The van der Waals surface area contributed by atoms with E-state index in [2.05, 4.69) is 13.8 Å². The van der Waals surface area contributed by atoms with Gasteiger partial charge < -0.3 is 4.90 Å². The number of aromatic nitrogens is 2. The first-order valence-corrected chi connectivity index (χ1v) is 8.24. The van der Waals surface area contributed by atoms with Crippen LogP contribution in [-0.4, -0.2) is 22.5 Å². The van der Waals surface area contributed by atoms with Crippen molar-refractivity contribution in [1.82, 2.24) is 9.36 Å². The van der Waals surface area contributed by atoms with E-state index in [0.717, 1.165) is 29.4 Å². The maximum atomic E-state index is 12.9. The Morgan fingerprint density at radius 2 is 2.00 bits per heavy atom. The van der Waals surface area contributed by atoms with Crippen LogP contribution in [0, 0.1) is 12.8 Å². The van der Waals surface area contributed by atoms with E-state index in [1.54, 1.807) is 9.58 Å². The molecule has 0 radical (unpaired) electrons. The molecule has 0 amide bonds. The number of hydrogen-bond acceptors (Lipinski definition) is 1. The Morgan fingerprint density at radius 3 is 2.68 bits per heavy atom. The molecule has 118 valence electrons. The topological polar surface area (TPSA) is 31.4 Å². The van der Waals surface area contributed by atoms with Crippen molar-refractivity contribution in [2.75, 3.05) is 13.1 Å². The monoisotopic (exact) mass is 300 g/mol. The SMILES string of the molecule is Cc1c(C[NH+]2CCC[C@@H](C)C2)c(=O)n(-c2ccccc2)n1C. The number of nitrogens with zero attached hydrogens (tertiary/aromatic N) is 2. The van der Waals surface area contributed by atoms with Crippen LogP contribution in [-0.2, 0) is 13.6 Å². The number of benzene rings is 1. The largest absolute Gasteiger partial charge is 0.331 e. The first-order valence-electron chi connectivity index (χ1n) is 8.24. The van der Waals surface area contributed by atoms with E-state index in [1.165, 1.54) is 25.9 Å². The van der Waals surface area contributed by atoms with Gasteiger partial charge in [0.25, 0.3) is 5.56 Å². The highest BCUT2D eigenvalue weighted by Gasteiger charge is 2.24. The van der Waals surface area contributed by atoms with Crippen molar-refractivity contribution in [1.29, 1.82) is 0 Å². The third-order valence-corrected chi connectivity index (χ3v) is 4.96. The zero-order valence-electron chi connectivity index (χ0n) is 13.8. The van der Waals surface area contributed by atoms with Crippen LogP contribution in [0.2, 0.25) is 0 Å². The summed E-state index contributed by atoms with van der Waals surface area (Å²) in [6.45, 7) is 7.59. The average Bonchev–Trinajstić information content (AvgIpc) is 2.72. The van der Waals surface area contributed by atoms with Gasteiger partial charge in [-0.1, -0.05) is 25.1 Å². The van der Waals surface area contributed by atoms with Gasteiger partial charge in [0, 0.05) is 18.7 Å². The van der Waals surface area contributed by atoms with Crippen molar-refractivity contribution >= 4 is 0 Å². The zero-order chi connectivity index (χ0) is 15.7. The van der Waals surface area contributed by atoms with Crippen LogP contribution in [0.25, 0.3) is 5.69 Å². The van der Waals surface area contributed by atoms with Crippen molar-refractivity contribution in [2.45, 2.75) is 33.2 Å². The molecule has 0 aliphatic carbocycles. The van der Waals surface area contributed by atoms with Crippen LogP contribution in [0.3, 0.4) is 0 Å². The van der Waals surface area contributed by atoms with Gasteiger partial charge in [-0.25, -0.2) is 4.68 Å². The second kappa shape index (κ2) is 6.13. The molecule has 2 aromatic rings. The Kier molecular flexibility index (Phi) is 4.21. The van der Waals surface area contributed by atoms with Gasteiger partial charge in [-0.3, -0.25) is 9.48 Å². The number of nitrogens with one attached hydrogen (secondary N) is 1. The van der Waals surface area contributed by atoms with Crippen molar-refractivity contribution < 1.29 is 4.90 Å². The van der Waals surface area contributed by atoms with Gasteiger partial charge >= 0.3 is 0 Å². The predicted molar refractivity (Wildman–Crippen MR) is 88.5 cm³/mol. The molecule has 1 aromatic heterocycles. The molecule has 4 nitrogen and oxygen atoms in total. The van der Waals surface area contributed by atoms with E-state index >= 15 is 0 Å². The Balaban J connectivity index is 1.94. The molecule has 1 aliphatic rings. The molecule has 22 heavy (non-hydrogen) atoms. The lowest BCUT2D eigenvalue weighted by Gasteiger charge is -2.27. The van der Waals surface area contributed by atoms with Gasteiger partial charge in [-0.2, -0.15) is 0 Å². The second-order valence-corrected chi connectivity index (χ2v) is 6.67. The third-order valence-electron chi connectivity index (χ3n) is 4.96. The normalized spacial score (nSPS) is 22.0. The molecular weight excluding hydrogens is 274 g/mol. The minimum Gasteiger partial charge on any atom is -0.331 e. The van der Waals surface area contributed by atoms with E-state index in [0.29, 0.717) is 0 Å². The molecule has 1 fully saturated rings. The molecule has 0 spiro atoms. The summed E-state index contributed by atoms with van der Waals surface area (Å²) in [6, 6.07) is 9.90. The highest BCUT2D eigenvalue weighted by Crippen LogP contribution is 2.10. The minimum absolute atomic E-state index is 0.136. The minimum atomic E-state index is 0.136. The van der Waals surface area contributed by atoms with Crippen molar-refractivity contribution in [3.8, 4) is 5.69 Å². The molecular formula is C18H26N3O+. The number of hydrogen-bond donors (Lipinski definition) is 1. The fourth-order valence-electron chi connectivity index (χ4n) is 3.64. The summed E-state index contributed by atoms with van der Waals surface area (Å²) in [5, 5.41) is 0. The van der Waals surface area contributed by atoms with Crippen LogP contribution in [0.4, 0.5) is 0 Å². The highest BCUT2D eigenvalue weighted by molar-refractivity contribution is 5.33. The van der Waals surface area contributed by atoms with Crippen LogP contribution >= 0.6 is 0 Å². The molecule has 1 unspecified atom stereocenters. The van der Waals surface area contributed by atoms with Gasteiger partial charge in [0.2, 0.25) is 0 Å². The second-order valence-electron chi connectivity index (χ2n) is 6.67. The lowest BCUT2D eigenvalue weighted by Crippen LogP contribution is -3.12. The van der Waals surface area contributed by atoms with Gasteiger partial charge in [0.15, 0.2) is 0 Å². The molecule has 2 atom stereocenters. The number of likely N-dealkylation sites (tertiary alicyclic amines) is 1. The van der Waals surface area contributed by atoms with Gasteiger partial charge in [0.05, 0.1) is 24.3 Å². The smallest absolute Gasteiger partial charge is 0.280 e. The van der Waals surface area contributed by atoms with Crippen LogP contribution in [0.1, 0.15) is 31.0 Å². The maximum absolute atomic E-state index is 12.9. The molecule has 0 bridgehead atoms. The van der Waals surface area contributed by atoms with Gasteiger partial charge in [-0.05, 0) is 31.9 Å². The van der Waals surface area contributed by atoms with E-state index in [9.17, 15) is 4.79 Å². The molecule has 1 aliphatic heterocycles. The number of rotatable bonds is 3. The fraction of sp³-hybridized carbons (Fsp3) is 0.500. The maximum Gasteiger partial charge on any atom is 0.280 e. The molecule has 1 aromatic carbocycles. The average molecular weight is 300 g/mol. The highest BCUT2D eigenvalue weighted by atomic mass is 16.1. The van der Waals surface area contributed by atoms with Gasteiger partial charge in [-0.15, -0.1) is 0 Å². The Morgan fingerprint density at radius 1 is 1.27 bits per heavy atom. The van der Waals surface area contributed by atoms with E-state index in [1.807, 2.05) is 42.1 Å². The predicted octanol–water partition coefficient (Wildman–Crippen LogP) is 1.30. The fourth-order valence-corrected chi connectivity index (χ4v) is 3.64. The first-order chi connectivity index (χ1) is 10.6. The lowest BCUT2D eigenvalue weighted by atomic mass is 10.00. The van der Waals surface area contributed by atoms with Crippen molar-refractivity contribution in [2.24, 2.45) is 13.0 Å². The van der Waals surface area contributed by atoms with Crippen LogP contribution in [0.15, 0.2) is 35.1 Å². The number of piperidine rings is 1. The molecule has 0 saturated carbocycles. The van der Waals surface area contributed by atoms with E-state index in [-0.39, 0.29) is 5.56 Å². The molecule has 3 rings (SSSR count). The lowest BCUT2D eigenvalue weighted by molar-refractivity contribution is -0.922. The summed E-state index contributed by atoms with van der Waals surface area (Å²) in [5.74, 6) is 0.768. The molecule has 1 N–H and O–H groups in total. The molecule has 4 heteroatoms. The van der Waals surface area contributed by atoms with Crippen LogP contribution in [0.5, 0.6) is 0 Å². The standard InChI is InChI=1S/C18H25N3O/c1-14-8-7-11-20(12-14)13-17-15(2)19(3)21(18(17)22)16-9-5-4-6-10-16/h4-6,9-10,14H,7-8,11-13H2,1-3H3/p+1/t14-/m1/s1. The molecule has 1 saturated heterocycles. The summed E-state index contributed by atoms with van der Waals surface area (Å²) in [5.41, 5.74) is 3.12. The van der Waals surface area contributed by atoms with Gasteiger partial charge in [0.1, 0.15) is 6.54 Å². The quantitative estimate of drug-likeness (QED) is 0.910. The summed E-state index contributed by atoms with van der Waals surface area (Å²) in [7, 11) is 1.97. The summed E-state index contributed by atoms with van der Waals surface area (Å²) < 4.78 is 3.78. The Hall–Kier alpha value is -1.81. The number of para-hydroxylation sites is 1. The number of quaternary nitrogens is 1. The van der Waals surface area contributed by atoms with Crippen molar-refractivity contribution in [3.05, 3.63) is 51.9 Å². The first kappa shape index (κ1) is 15.1.